The molecule has 2 nitrogen and oxygen atoms in total. The largest absolute Gasteiger partial charge is 0.271 e. The fraction of sp³-hybridized carbons (Fsp3) is 0.688. The summed E-state index contributed by atoms with van der Waals surface area (Å²) in [4.78, 5) is 0. The van der Waals surface area contributed by atoms with Gasteiger partial charge in [-0.15, -0.1) is 0 Å². The van der Waals surface area contributed by atoms with Gasteiger partial charge in [-0.1, -0.05) is 46.0 Å². The Morgan fingerprint density at radius 1 is 1.17 bits per heavy atom. The molecule has 0 bridgehead atoms. The number of aromatic nitrogens is 2. The van der Waals surface area contributed by atoms with E-state index in [-0.39, 0.29) is 0 Å². The van der Waals surface area contributed by atoms with E-state index in [2.05, 4.69) is 50.8 Å². The maximum absolute atomic E-state index is 4.33. The van der Waals surface area contributed by atoms with Crippen LogP contribution in [0.4, 0.5) is 0 Å². The van der Waals surface area contributed by atoms with Crippen LogP contribution < -0.4 is 0 Å². The predicted octanol–water partition coefficient (Wildman–Crippen LogP) is 4.11. The molecule has 1 aromatic rings. The minimum Gasteiger partial charge on any atom is -0.271 e. The van der Waals surface area contributed by atoms with Crippen LogP contribution >= 0.6 is 0 Å². The number of aryl methyl sites for hydroxylation is 1. The van der Waals surface area contributed by atoms with E-state index in [1.807, 2.05) is 10.9 Å². The lowest BCUT2D eigenvalue weighted by molar-refractivity contribution is 0.487. The van der Waals surface area contributed by atoms with Gasteiger partial charge in [0.05, 0.1) is 11.8 Å². The van der Waals surface area contributed by atoms with E-state index in [0.717, 1.165) is 30.4 Å². The number of hydrogen-bond donors (Lipinski definition) is 0. The second kappa shape index (κ2) is 7.97. The minimum atomic E-state index is 0.722. The molecule has 0 atom stereocenters. The molecule has 0 aliphatic heterocycles. The van der Waals surface area contributed by atoms with Gasteiger partial charge in [-0.3, -0.25) is 4.68 Å². The fourth-order valence-electron chi connectivity index (χ4n) is 1.70. The van der Waals surface area contributed by atoms with Crippen LogP contribution in [0.5, 0.6) is 0 Å². The summed E-state index contributed by atoms with van der Waals surface area (Å²) in [6.07, 6.45) is 8.56. The molecule has 0 saturated carbocycles. The summed E-state index contributed by atoms with van der Waals surface area (Å²) in [6, 6.07) is 0. The monoisotopic (exact) mass is 246 g/mol. The van der Waals surface area contributed by atoms with E-state index < -0.39 is 0 Å². The van der Waals surface area contributed by atoms with Crippen LogP contribution in [0, 0.1) is 23.7 Å². The maximum Gasteiger partial charge on any atom is 0.0646 e. The van der Waals surface area contributed by atoms with Crippen LogP contribution in [-0.4, -0.2) is 9.78 Å². The molecule has 2 heteroatoms. The Bertz CT molecular complexity index is 391. The molecule has 0 fully saturated rings. The van der Waals surface area contributed by atoms with Crippen molar-refractivity contribution in [2.75, 3.05) is 0 Å². The van der Waals surface area contributed by atoms with Gasteiger partial charge in [0.25, 0.3) is 0 Å². The molecule has 0 N–H and O–H groups in total. The zero-order valence-corrected chi connectivity index (χ0v) is 12.2. The first-order chi connectivity index (χ1) is 8.58. The van der Waals surface area contributed by atoms with Gasteiger partial charge in [0, 0.05) is 19.2 Å². The van der Waals surface area contributed by atoms with Crippen LogP contribution in [0.15, 0.2) is 12.4 Å². The first-order valence-electron chi connectivity index (χ1n) is 7.09. The predicted molar refractivity (Wildman–Crippen MR) is 77.2 cm³/mol. The summed E-state index contributed by atoms with van der Waals surface area (Å²) in [5, 5.41) is 4.33. The molecule has 1 rings (SSSR count). The molecule has 1 aromatic heterocycles. The van der Waals surface area contributed by atoms with Crippen molar-refractivity contribution in [2.45, 2.75) is 59.9 Å². The highest BCUT2D eigenvalue weighted by molar-refractivity contribution is 5.29. The number of nitrogens with zero attached hydrogens (tertiary/aromatic N) is 2. The highest BCUT2D eigenvalue weighted by Crippen LogP contribution is 2.06. The SMILES string of the molecule is CC(C)CCCC#Cc1cnn(CCC(C)C)c1. The van der Waals surface area contributed by atoms with Crippen LogP contribution in [0.3, 0.4) is 0 Å². The average molecular weight is 246 g/mol. The van der Waals surface area contributed by atoms with Crippen LogP contribution in [0.2, 0.25) is 0 Å². The van der Waals surface area contributed by atoms with Gasteiger partial charge in [0.2, 0.25) is 0 Å². The highest BCUT2D eigenvalue weighted by Gasteiger charge is 1.98. The second-order valence-electron chi connectivity index (χ2n) is 5.76. The Kier molecular flexibility index (Phi) is 6.57. The summed E-state index contributed by atoms with van der Waals surface area (Å²) in [7, 11) is 0. The lowest BCUT2D eigenvalue weighted by Gasteiger charge is -2.03. The van der Waals surface area contributed by atoms with E-state index in [1.54, 1.807) is 0 Å². The van der Waals surface area contributed by atoms with Crippen molar-refractivity contribution in [2.24, 2.45) is 11.8 Å². The smallest absolute Gasteiger partial charge is 0.0646 e. The molecule has 0 saturated heterocycles. The van der Waals surface area contributed by atoms with Gasteiger partial charge in [-0.25, -0.2) is 0 Å². The third-order valence-corrected chi connectivity index (χ3v) is 2.88. The average Bonchev–Trinajstić information content (AvgIpc) is 2.73. The summed E-state index contributed by atoms with van der Waals surface area (Å²) in [6.45, 7) is 9.98. The van der Waals surface area contributed by atoms with Crippen LogP contribution in [-0.2, 0) is 6.54 Å². The molecule has 0 spiro atoms. The lowest BCUT2D eigenvalue weighted by atomic mass is 10.1. The summed E-state index contributed by atoms with van der Waals surface area (Å²) in [5.41, 5.74) is 1.04. The highest BCUT2D eigenvalue weighted by atomic mass is 15.3. The standard InChI is InChI=1S/C16H26N2/c1-14(2)8-6-5-7-9-16-12-17-18(13-16)11-10-15(3)4/h12-15H,5-6,8,10-11H2,1-4H3. The Hall–Kier alpha value is -1.23. The number of rotatable bonds is 6. The van der Waals surface area contributed by atoms with Crippen molar-refractivity contribution in [3.63, 3.8) is 0 Å². The van der Waals surface area contributed by atoms with E-state index in [1.165, 1.54) is 19.3 Å². The summed E-state index contributed by atoms with van der Waals surface area (Å²) in [5.74, 6) is 7.93. The van der Waals surface area contributed by atoms with Crippen molar-refractivity contribution in [1.29, 1.82) is 0 Å². The lowest BCUT2D eigenvalue weighted by Crippen LogP contribution is -2.01. The minimum absolute atomic E-state index is 0.722. The van der Waals surface area contributed by atoms with Crippen molar-refractivity contribution in [3.05, 3.63) is 18.0 Å². The molecule has 0 aliphatic rings. The molecular formula is C16H26N2. The van der Waals surface area contributed by atoms with Crippen molar-refractivity contribution in [3.8, 4) is 11.8 Å². The van der Waals surface area contributed by atoms with E-state index in [0.29, 0.717) is 0 Å². The number of hydrogen-bond acceptors (Lipinski definition) is 1. The Labute approximate surface area is 112 Å². The Morgan fingerprint density at radius 2 is 1.89 bits per heavy atom. The van der Waals surface area contributed by atoms with Gasteiger partial charge in [-0.05, 0) is 24.7 Å². The molecular weight excluding hydrogens is 220 g/mol. The van der Waals surface area contributed by atoms with Gasteiger partial charge in [0.1, 0.15) is 0 Å². The normalized spacial score (nSPS) is 10.8. The van der Waals surface area contributed by atoms with Gasteiger partial charge in [-0.2, -0.15) is 5.10 Å². The van der Waals surface area contributed by atoms with E-state index in [4.69, 9.17) is 0 Å². The van der Waals surface area contributed by atoms with E-state index in [9.17, 15) is 0 Å². The van der Waals surface area contributed by atoms with Crippen LogP contribution in [0.1, 0.15) is 58.9 Å². The maximum atomic E-state index is 4.33. The molecule has 0 unspecified atom stereocenters. The van der Waals surface area contributed by atoms with Crippen molar-refractivity contribution >= 4 is 0 Å². The van der Waals surface area contributed by atoms with E-state index >= 15 is 0 Å². The molecule has 0 radical (unpaired) electrons. The molecule has 0 aliphatic carbocycles. The first-order valence-corrected chi connectivity index (χ1v) is 7.09. The molecule has 18 heavy (non-hydrogen) atoms. The summed E-state index contributed by atoms with van der Waals surface area (Å²) < 4.78 is 2.00. The topological polar surface area (TPSA) is 17.8 Å². The van der Waals surface area contributed by atoms with Crippen molar-refractivity contribution < 1.29 is 0 Å². The number of unbranched alkanes of at least 4 members (excludes halogenated alkanes) is 1. The molecule has 1 heterocycles. The zero-order chi connectivity index (χ0) is 13.4. The zero-order valence-electron chi connectivity index (χ0n) is 12.2. The van der Waals surface area contributed by atoms with Crippen molar-refractivity contribution in [1.82, 2.24) is 9.78 Å². The van der Waals surface area contributed by atoms with Gasteiger partial charge < -0.3 is 0 Å². The third-order valence-electron chi connectivity index (χ3n) is 2.88. The molecule has 0 aromatic carbocycles. The summed E-state index contributed by atoms with van der Waals surface area (Å²) >= 11 is 0. The fourth-order valence-corrected chi connectivity index (χ4v) is 1.70. The molecule has 100 valence electrons. The van der Waals surface area contributed by atoms with Gasteiger partial charge >= 0.3 is 0 Å². The van der Waals surface area contributed by atoms with Crippen LogP contribution in [0.25, 0.3) is 0 Å². The molecule has 0 amide bonds. The Balaban J connectivity index is 2.32. The van der Waals surface area contributed by atoms with Gasteiger partial charge in [0.15, 0.2) is 0 Å². The second-order valence-corrected chi connectivity index (χ2v) is 5.76. The Morgan fingerprint density at radius 3 is 2.56 bits per heavy atom. The first kappa shape index (κ1) is 14.8. The quantitative estimate of drug-likeness (QED) is 0.545. The third kappa shape index (κ3) is 6.49.